The van der Waals surface area contributed by atoms with Crippen LogP contribution in [0.4, 0.5) is 0 Å². The molecule has 5 nitrogen and oxygen atoms in total. The van der Waals surface area contributed by atoms with Crippen LogP contribution in [0.1, 0.15) is 28.9 Å². The molecule has 0 unspecified atom stereocenters. The molecule has 1 saturated heterocycles. The number of carbonyl (C=O) groups is 2. The van der Waals surface area contributed by atoms with Crippen molar-refractivity contribution >= 4 is 23.2 Å². The highest BCUT2D eigenvalue weighted by Gasteiger charge is 2.28. The third kappa shape index (κ3) is 3.42. The molecular formula is C17H18N2O3S. The standard InChI is InChI=1S/C17H18N2O3S/c1-11-10-23-15(18-11)12-4-6-13(7-5-12)16(20)19-8-2-3-14(9-19)17(21)22/h4-7,10,14H,2-3,8-9H2,1H3,(H,21,22)/t14-/m1/s1. The van der Waals surface area contributed by atoms with Crippen LogP contribution in [0.5, 0.6) is 0 Å². The molecule has 1 aromatic heterocycles. The zero-order chi connectivity index (χ0) is 16.4. The molecule has 1 N–H and O–H groups in total. The van der Waals surface area contributed by atoms with Gasteiger partial charge in [-0.25, -0.2) is 4.98 Å². The van der Waals surface area contributed by atoms with E-state index in [2.05, 4.69) is 4.98 Å². The fourth-order valence-corrected chi connectivity index (χ4v) is 3.59. The van der Waals surface area contributed by atoms with E-state index in [1.807, 2.05) is 24.4 Å². The molecule has 1 aromatic carbocycles. The Morgan fingerprint density at radius 1 is 1.30 bits per heavy atom. The van der Waals surface area contributed by atoms with Gasteiger partial charge in [-0.05, 0) is 31.9 Å². The zero-order valence-corrected chi connectivity index (χ0v) is 13.7. The van der Waals surface area contributed by atoms with Gasteiger partial charge in [0.1, 0.15) is 5.01 Å². The number of nitrogens with zero attached hydrogens (tertiary/aromatic N) is 2. The van der Waals surface area contributed by atoms with Crippen LogP contribution >= 0.6 is 11.3 Å². The minimum absolute atomic E-state index is 0.0992. The molecule has 6 heteroatoms. The van der Waals surface area contributed by atoms with E-state index in [0.29, 0.717) is 25.1 Å². The number of hydrogen-bond donors (Lipinski definition) is 1. The van der Waals surface area contributed by atoms with E-state index in [4.69, 9.17) is 5.11 Å². The summed E-state index contributed by atoms with van der Waals surface area (Å²) in [5, 5.41) is 12.1. The van der Waals surface area contributed by atoms with Crippen molar-refractivity contribution in [2.24, 2.45) is 5.92 Å². The number of carboxylic acid groups (broad SMARTS) is 1. The number of benzene rings is 1. The molecule has 1 amide bonds. The van der Waals surface area contributed by atoms with Crippen LogP contribution in [0.15, 0.2) is 29.6 Å². The van der Waals surface area contributed by atoms with Gasteiger partial charge in [0.05, 0.1) is 5.92 Å². The molecule has 0 aliphatic carbocycles. The third-order valence-corrected chi connectivity index (χ3v) is 5.06. The topological polar surface area (TPSA) is 70.5 Å². The largest absolute Gasteiger partial charge is 0.481 e. The van der Waals surface area contributed by atoms with Gasteiger partial charge in [0.25, 0.3) is 5.91 Å². The Morgan fingerprint density at radius 3 is 2.65 bits per heavy atom. The van der Waals surface area contributed by atoms with Gasteiger partial charge in [0.2, 0.25) is 0 Å². The Morgan fingerprint density at radius 2 is 2.04 bits per heavy atom. The van der Waals surface area contributed by atoms with Crippen molar-refractivity contribution in [2.75, 3.05) is 13.1 Å². The Labute approximate surface area is 138 Å². The number of aromatic nitrogens is 1. The maximum absolute atomic E-state index is 12.5. The van der Waals surface area contributed by atoms with E-state index in [9.17, 15) is 9.59 Å². The number of carboxylic acids is 1. The molecule has 2 aromatic rings. The smallest absolute Gasteiger partial charge is 0.308 e. The molecule has 0 bridgehead atoms. The maximum atomic E-state index is 12.5. The van der Waals surface area contributed by atoms with Crippen LogP contribution in [-0.4, -0.2) is 40.0 Å². The van der Waals surface area contributed by atoms with Gasteiger partial charge in [-0.3, -0.25) is 9.59 Å². The molecule has 0 saturated carbocycles. The van der Waals surface area contributed by atoms with Gasteiger partial charge in [-0.15, -0.1) is 11.3 Å². The fraction of sp³-hybridized carbons (Fsp3) is 0.353. The lowest BCUT2D eigenvalue weighted by atomic mass is 9.97. The SMILES string of the molecule is Cc1csc(-c2ccc(C(=O)N3CCC[C@@H](C(=O)O)C3)cc2)n1. The highest BCUT2D eigenvalue weighted by molar-refractivity contribution is 7.13. The monoisotopic (exact) mass is 330 g/mol. The molecule has 0 radical (unpaired) electrons. The first-order valence-electron chi connectivity index (χ1n) is 7.59. The summed E-state index contributed by atoms with van der Waals surface area (Å²) in [4.78, 5) is 29.7. The quantitative estimate of drug-likeness (QED) is 0.939. The van der Waals surface area contributed by atoms with E-state index in [0.717, 1.165) is 22.7 Å². The number of hydrogen-bond acceptors (Lipinski definition) is 4. The number of thiazole rings is 1. The molecule has 0 spiro atoms. The first-order valence-corrected chi connectivity index (χ1v) is 8.47. The van der Waals surface area contributed by atoms with E-state index in [1.54, 1.807) is 28.4 Å². The van der Waals surface area contributed by atoms with Crippen molar-refractivity contribution in [3.8, 4) is 10.6 Å². The van der Waals surface area contributed by atoms with Crippen LogP contribution in [0.3, 0.4) is 0 Å². The van der Waals surface area contributed by atoms with Crippen molar-refractivity contribution in [3.63, 3.8) is 0 Å². The predicted molar refractivity (Wildman–Crippen MR) is 88.6 cm³/mol. The van der Waals surface area contributed by atoms with Gasteiger partial charge < -0.3 is 10.0 Å². The molecule has 23 heavy (non-hydrogen) atoms. The molecule has 1 atom stereocenters. The molecular weight excluding hydrogens is 312 g/mol. The average Bonchev–Trinajstić information content (AvgIpc) is 3.01. The highest BCUT2D eigenvalue weighted by atomic mass is 32.1. The number of likely N-dealkylation sites (tertiary alicyclic amines) is 1. The molecule has 1 aliphatic heterocycles. The Balaban J connectivity index is 1.74. The Bertz CT molecular complexity index is 724. The van der Waals surface area contributed by atoms with Crippen molar-refractivity contribution in [3.05, 3.63) is 40.9 Å². The van der Waals surface area contributed by atoms with Crippen LogP contribution in [0, 0.1) is 12.8 Å². The molecule has 1 aliphatic rings. The summed E-state index contributed by atoms with van der Waals surface area (Å²) in [6.45, 7) is 2.87. The summed E-state index contributed by atoms with van der Waals surface area (Å²) in [6.07, 6.45) is 1.38. The van der Waals surface area contributed by atoms with Crippen LogP contribution < -0.4 is 0 Å². The van der Waals surface area contributed by atoms with Gasteiger partial charge in [-0.2, -0.15) is 0 Å². The number of carbonyl (C=O) groups excluding carboxylic acids is 1. The van der Waals surface area contributed by atoms with Crippen LogP contribution in [0.2, 0.25) is 0 Å². The number of amides is 1. The Hall–Kier alpha value is -2.21. The summed E-state index contributed by atoms with van der Waals surface area (Å²) in [5.41, 5.74) is 2.56. The lowest BCUT2D eigenvalue weighted by molar-refractivity contribution is -0.143. The van der Waals surface area contributed by atoms with Gasteiger partial charge in [0, 0.05) is 35.3 Å². The maximum Gasteiger partial charge on any atom is 0.308 e. The summed E-state index contributed by atoms with van der Waals surface area (Å²) >= 11 is 1.58. The average molecular weight is 330 g/mol. The summed E-state index contributed by atoms with van der Waals surface area (Å²) in [7, 11) is 0. The lowest BCUT2D eigenvalue weighted by Crippen LogP contribution is -2.42. The molecule has 120 valence electrons. The van der Waals surface area contributed by atoms with E-state index >= 15 is 0 Å². The molecule has 3 rings (SSSR count). The lowest BCUT2D eigenvalue weighted by Gasteiger charge is -2.30. The zero-order valence-electron chi connectivity index (χ0n) is 12.9. The van der Waals surface area contributed by atoms with Crippen molar-refractivity contribution in [1.29, 1.82) is 0 Å². The number of aliphatic carboxylic acids is 1. The Kier molecular flexibility index (Phi) is 4.43. The second kappa shape index (κ2) is 6.50. The highest BCUT2D eigenvalue weighted by Crippen LogP contribution is 2.25. The number of rotatable bonds is 3. The third-order valence-electron chi connectivity index (χ3n) is 4.06. The number of aryl methyl sites for hydroxylation is 1. The minimum Gasteiger partial charge on any atom is -0.481 e. The molecule has 1 fully saturated rings. The van der Waals surface area contributed by atoms with E-state index in [-0.39, 0.29) is 5.91 Å². The van der Waals surface area contributed by atoms with Crippen molar-refractivity contribution in [1.82, 2.24) is 9.88 Å². The summed E-state index contributed by atoms with van der Waals surface area (Å²) in [5.74, 6) is -1.37. The van der Waals surface area contributed by atoms with E-state index in [1.165, 1.54) is 0 Å². The van der Waals surface area contributed by atoms with Gasteiger partial charge >= 0.3 is 5.97 Å². The fourth-order valence-electron chi connectivity index (χ4n) is 2.79. The predicted octanol–water partition coefficient (Wildman–Crippen LogP) is 3.06. The normalized spacial score (nSPS) is 18.0. The summed E-state index contributed by atoms with van der Waals surface area (Å²) in [6, 6.07) is 7.37. The first kappa shape index (κ1) is 15.7. The molecule has 2 heterocycles. The van der Waals surface area contributed by atoms with Crippen LogP contribution in [-0.2, 0) is 4.79 Å². The minimum atomic E-state index is -0.822. The second-order valence-electron chi connectivity index (χ2n) is 5.80. The first-order chi connectivity index (χ1) is 11.0. The van der Waals surface area contributed by atoms with Crippen molar-refractivity contribution in [2.45, 2.75) is 19.8 Å². The summed E-state index contributed by atoms with van der Waals surface area (Å²) < 4.78 is 0. The van der Waals surface area contributed by atoms with Crippen LogP contribution in [0.25, 0.3) is 10.6 Å². The van der Waals surface area contributed by atoms with Gasteiger partial charge in [0.15, 0.2) is 0 Å². The van der Waals surface area contributed by atoms with E-state index < -0.39 is 11.9 Å². The second-order valence-corrected chi connectivity index (χ2v) is 6.66. The number of piperidine rings is 1. The van der Waals surface area contributed by atoms with Gasteiger partial charge in [-0.1, -0.05) is 12.1 Å². The van der Waals surface area contributed by atoms with Crippen molar-refractivity contribution < 1.29 is 14.7 Å².